The standard InChI is InChI=1S/C11H8FN3O/c1-15-10-9(5-13-15)14-8-4-6(12)2-3-7(8)11(10)16/h2-5H,1H3,(H,14,16). The number of halogens is 1. The van der Waals surface area contributed by atoms with Gasteiger partial charge in [0.05, 0.1) is 17.2 Å². The van der Waals surface area contributed by atoms with Crippen molar-refractivity contribution >= 4 is 21.9 Å². The van der Waals surface area contributed by atoms with Gasteiger partial charge >= 0.3 is 0 Å². The van der Waals surface area contributed by atoms with Crippen molar-refractivity contribution in [1.29, 1.82) is 0 Å². The van der Waals surface area contributed by atoms with Gasteiger partial charge < -0.3 is 4.98 Å². The molecule has 2 aromatic heterocycles. The molecule has 0 saturated carbocycles. The van der Waals surface area contributed by atoms with Crippen LogP contribution in [-0.2, 0) is 7.05 Å². The summed E-state index contributed by atoms with van der Waals surface area (Å²) in [4.78, 5) is 15.1. The first-order valence-corrected chi connectivity index (χ1v) is 4.80. The van der Waals surface area contributed by atoms with E-state index in [4.69, 9.17) is 0 Å². The average Bonchev–Trinajstić information content (AvgIpc) is 2.60. The Balaban J connectivity index is 2.63. The van der Waals surface area contributed by atoms with Crippen LogP contribution in [0.2, 0.25) is 0 Å². The molecular weight excluding hydrogens is 209 g/mol. The maximum atomic E-state index is 13.0. The van der Waals surface area contributed by atoms with Crippen LogP contribution in [0.3, 0.4) is 0 Å². The average molecular weight is 217 g/mol. The van der Waals surface area contributed by atoms with Gasteiger partial charge in [-0.1, -0.05) is 0 Å². The Morgan fingerprint density at radius 1 is 1.38 bits per heavy atom. The van der Waals surface area contributed by atoms with E-state index in [-0.39, 0.29) is 11.2 Å². The zero-order chi connectivity index (χ0) is 11.3. The highest BCUT2D eigenvalue weighted by Crippen LogP contribution is 2.14. The second-order valence-corrected chi connectivity index (χ2v) is 3.67. The molecule has 0 fully saturated rings. The van der Waals surface area contributed by atoms with Crippen molar-refractivity contribution < 1.29 is 4.39 Å². The zero-order valence-electron chi connectivity index (χ0n) is 8.49. The van der Waals surface area contributed by atoms with Crippen LogP contribution in [0, 0.1) is 5.82 Å². The molecule has 1 aromatic carbocycles. The van der Waals surface area contributed by atoms with Crippen molar-refractivity contribution in [1.82, 2.24) is 14.8 Å². The first kappa shape index (κ1) is 9.08. The van der Waals surface area contributed by atoms with Crippen molar-refractivity contribution in [2.24, 2.45) is 7.05 Å². The van der Waals surface area contributed by atoms with Crippen LogP contribution in [0.5, 0.6) is 0 Å². The molecule has 3 rings (SSSR count). The Hall–Kier alpha value is -2.17. The van der Waals surface area contributed by atoms with Gasteiger partial charge in [0.25, 0.3) is 0 Å². The van der Waals surface area contributed by atoms with Crippen molar-refractivity contribution in [3.63, 3.8) is 0 Å². The summed E-state index contributed by atoms with van der Waals surface area (Å²) in [6.07, 6.45) is 1.56. The highest BCUT2D eigenvalue weighted by Gasteiger charge is 2.09. The first-order chi connectivity index (χ1) is 7.66. The van der Waals surface area contributed by atoms with Crippen LogP contribution in [0.4, 0.5) is 4.39 Å². The van der Waals surface area contributed by atoms with E-state index >= 15 is 0 Å². The molecule has 0 aliphatic rings. The Kier molecular flexibility index (Phi) is 1.65. The third-order valence-corrected chi connectivity index (χ3v) is 2.65. The van der Waals surface area contributed by atoms with E-state index in [0.717, 1.165) is 0 Å². The summed E-state index contributed by atoms with van der Waals surface area (Å²) in [7, 11) is 1.70. The number of benzene rings is 1. The molecule has 3 aromatic rings. The molecule has 4 nitrogen and oxygen atoms in total. The van der Waals surface area contributed by atoms with E-state index < -0.39 is 0 Å². The molecule has 80 valence electrons. The fourth-order valence-corrected chi connectivity index (χ4v) is 1.89. The van der Waals surface area contributed by atoms with E-state index in [0.29, 0.717) is 21.9 Å². The summed E-state index contributed by atoms with van der Waals surface area (Å²) in [6.45, 7) is 0. The van der Waals surface area contributed by atoms with Crippen molar-refractivity contribution in [3.8, 4) is 0 Å². The summed E-state index contributed by atoms with van der Waals surface area (Å²) in [6, 6.07) is 4.07. The summed E-state index contributed by atoms with van der Waals surface area (Å²) in [5, 5.41) is 4.46. The number of aromatic nitrogens is 3. The lowest BCUT2D eigenvalue weighted by Gasteiger charge is -1.99. The lowest BCUT2D eigenvalue weighted by molar-refractivity contribution is 0.629. The smallest absolute Gasteiger partial charge is 0.215 e. The minimum absolute atomic E-state index is 0.135. The molecule has 0 unspecified atom stereocenters. The number of H-pyrrole nitrogens is 1. The van der Waals surface area contributed by atoms with Gasteiger partial charge in [0.2, 0.25) is 5.43 Å². The van der Waals surface area contributed by atoms with E-state index in [2.05, 4.69) is 10.1 Å². The lowest BCUT2D eigenvalue weighted by atomic mass is 10.2. The third-order valence-electron chi connectivity index (χ3n) is 2.65. The van der Waals surface area contributed by atoms with Crippen LogP contribution in [0.15, 0.2) is 29.2 Å². The molecule has 16 heavy (non-hydrogen) atoms. The summed E-state index contributed by atoms with van der Waals surface area (Å²) in [5.41, 5.74) is 1.47. The van der Waals surface area contributed by atoms with Gasteiger partial charge in [-0.05, 0) is 18.2 Å². The Bertz CT molecular complexity index is 757. The van der Waals surface area contributed by atoms with Crippen molar-refractivity contribution in [2.45, 2.75) is 0 Å². The SMILES string of the molecule is Cn1ncc2[nH]c3cc(F)ccc3c(=O)c21. The Morgan fingerprint density at radius 2 is 2.19 bits per heavy atom. The largest absolute Gasteiger partial charge is 0.352 e. The van der Waals surface area contributed by atoms with Crippen molar-refractivity contribution in [2.75, 3.05) is 0 Å². The first-order valence-electron chi connectivity index (χ1n) is 4.80. The maximum Gasteiger partial charge on any atom is 0.215 e. The molecule has 0 saturated heterocycles. The van der Waals surface area contributed by atoms with Gasteiger partial charge in [0.15, 0.2) is 0 Å². The second kappa shape index (κ2) is 2.91. The number of hydrogen-bond donors (Lipinski definition) is 1. The molecule has 5 heteroatoms. The number of pyridine rings is 1. The minimum atomic E-state index is -0.369. The highest BCUT2D eigenvalue weighted by atomic mass is 19.1. The minimum Gasteiger partial charge on any atom is -0.352 e. The van der Waals surface area contributed by atoms with Gasteiger partial charge in [-0.15, -0.1) is 0 Å². The number of nitrogens with one attached hydrogen (secondary N) is 1. The molecule has 0 radical (unpaired) electrons. The highest BCUT2D eigenvalue weighted by molar-refractivity contribution is 5.90. The fourth-order valence-electron chi connectivity index (χ4n) is 1.89. The van der Waals surface area contributed by atoms with Crippen LogP contribution in [0.1, 0.15) is 0 Å². The molecule has 2 heterocycles. The number of aryl methyl sites for hydroxylation is 1. The van der Waals surface area contributed by atoms with Gasteiger partial charge in [0.1, 0.15) is 11.3 Å². The van der Waals surface area contributed by atoms with Gasteiger partial charge in [0, 0.05) is 12.4 Å². The second-order valence-electron chi connectivity index (χ2n) is 3.67. The number of nitrogens with zero attached hydrogens (tertiary/aromatic N) is 2. The van der Waals surface area contributed by atoms with E-state index in [1.165, 1.54) is 22.9 Å². The normalized spacial score (nSPS) is 11.4. The Labute approximate surface area is 89.3 Å². The summed E-state index contributed by atoms with van der Waals surface area (Å²) in [5.74, 6) is -0.369. The van der Waals surface area contributed by atoms with Crippen molar-refractivity contribution in [3.05, 3.63) is 40.4 Å². The lowest BCUT2D eigenvalue weighted by Crippen LogP contribution is -2.08. The summed E-state index contributed by atoms with van der Waals surface area (Å²) >= 11 is 0. The number of hydrogen-bond acceptors (Lipinski definition) is 2. The van der Waals surface area contributed by atoms with Gasteiger partial charge in [-0.2, -0.15) is 5.10 Å². The molecule has 0 spiro atoms. The molecule has 0 aliphatic heterocycles. The molecule has 0 atom stereocenters. The van der Waals surface area contributed by atoms with Crippen LogP contribution in [0.25, 0.3) is 21.9 Å². The Morgan fingerprint density at radius 3 is 3.00 bits per heavy atom. The molecule has 1 N–H and O–H groups in total. The molecule has 0 amide bonds. The van der Waals surface area contributed by atoms with E-state index in [9.17, 15) is 9.18 Å². The molecule has 0 aliphatic carbocycles. The molecule has 0 bridgehead atoms. The van der Waals surface area contributed by atoms with E-state index in [1.54, 1.807) is 13.2 Å². The quantitative estimate of drug-likeness (QED) is 0.621. The predicted molar refractivity (Wildman–Crippen MR) is 58.8 cm³/mol. The number of fused-ring (bicyclic) bond motifs is 2. The third kappa shape index (κ3) is 1.08. The predicted octanol–water partition coefficient (Wildman–Crippen LogP) is 1.55. The zero-order valence-corrected chi connectivity index (χ0v) is 8.49. The van der Waals surface area contributed by atoms with Crippen LogP contribution in [-0.4, -0.2) is 14.8 Å². The monoisotopic (exact) mass is 217 g/mol. The van der Waals surface area contributed by atoms with Crippen LogP contribution < -0.4 is 5.43 Å². The summed E-state index contributed by atoms with van der Waals surface area (Å²) < 4.78 is 14.5. The van der Waals surface area contributed by atoms with Gasteiger partial charge in [-0.3, -0.25) is 9.48 Å². The topological polar surface area (TPSA) is 50.7 Å². The maximum absolute atomic E-state index is 13.0. The van der Waals surface area contributed by atoms with Gasteiger partial charge in [-0.25, -0.2) is 4.39 Å². The fraction of sp³-hybridized carbons (Fsp3) is 0.0909. The van der Waals surface area contributed by atoms with Crippen LogP contribution >= 0.6 is 0 Å². The number of rotatable bonds is 0. The number of aromatic amines is 1. The van der Waals surface area contributed by atoms with E-state index in [1.807, 2.05) is 0 Å². The molecular formula is C11H8FN3O.